The summed E-state index contributed by atoms with van der Waals surface area (Å²) in [5.41, 5.74) is 0. The maximum Gasteiger partial charge on any atom is 0.0412 e. The van der Waals surface area contributed by atoms with Crippen LogP contribution >= 0.6 is 22.5 Å². The Kier molecular flexibility index (Phi) is 2.24. The standard InChI is InChI=1S/C5H4NS2/c7-8-5-2-1-3-6-4-5/h1-4H. The molecule has 1 nitrogen and oxygen atoms in total. The summed E-state index contributed by atoms with van der Waals surface area (Å²) < 4.78 is 0. The van der Waals surface area contributed by atoms with Crippen LogP contribution in [0, 0.1) is 0 Å². The zero-order valence-corrected chi connectivity index (χ0v) is 5.71. The molecule has 0 aliphatic heterocycles. The van der Waals surface area contributed by atoms with E-state index in [-0.39, 0.29) is 0 Å². The third kappa shape index (κ3) is 1.42. The van der Waals surface area contributed by atoms with Crippen LogP contribution in [0.3, 0.4) is 0 Å². The predicted molar refractivity (Wildman–Crippen MR) is 37.7 cm³/mol. The molecule has 0 saturated carbocycles. The first-order valence-electron chi connectivity index (χ1n) is 2.13. The third-order valence-electron chi connectivity index (χ3n) is 0.731. The number of nitrogens with zero attached hydrogens (tertiary/aromatic N) is 1. The fourth-order valence-corrected chi connectivity index (χ4v) is 0.930. The van der Waals surface area contributed by atoms with Crippen molar-refractivity contribution in [2.75, 3.05) is 0 Å². The molecule has 0 unspecified atom stereocenters. The van der Waals surface area contributed by atoms with Gasteiger partial charge in [-0.25, -0.2) is 0 Å². The second-order valence-electron chi connectivity index (χ2n) is 1.27. The molecule has 0 bridgehead atoms. The van der Waals surface area contributed by atoms with E-state index in [1.54, 1.807) is 12.4 Å². The van der Waals surface area contributed by atoms with E-state index in [0.717, 1.165) is 4.90 Å². The van der Waals surface area contributed by atoms with Crippen molar-refractivity contribution in [2.45, 2.75) is 4.90 Å². The monoisotopic (exact) mass is 142 g/mol. The van der Waals surface area contributed by atoms with Crippen LogP contribution in [-0.4, -0.2) is 4.98 Å². The van der Waals surface area contributed by atoms with Gasteiger partial charge in [-0.3, -0.25) is 4.98 Å². The van der Waals surface area contributed by atoms with E-state index in [9.17, 15) is 0 Å². The first kappa shape index (κ1) is 5.98. The number of pyridine rings is 1. The first-order chi connectivity index (χ1) is 3.93. The van der Waals surface area contributed by atoms with Crippen LogP contribution in [0.5, 0.6) is 0 Å². The molecular formula is C5H4NS2. The Morgan fingerprint density at radius 3 is 2.88 bits per heavy atom. The highest BCUT2D eigenvalue weighted by Gasteiger charge is 1.83. The smallest absolute Gasteiger partial charge is 0.0412 e. The molecule has 1 radical (unpaired) electrons. The fourth-order valence-electron chi connectivity index (χ4n) is 0.396. The predicted octanol–water partition coefficient (Wildman–Crippen LogP) is 2.29. The highest BCUT2D eigenvalue weighted by molar-refractivity contribution is 8.68. The molecule has 0 N–H and O–H groups in total. The van der Waals surface area contributed by atoms with Crippen LogP contribution < -0.4 is 0 Å². The minimum atomic E-state index is 1.03. The third-order valence-corrected chi connectivity index (χ3v) is 1.74. The highest BCUT2D eigenvalue weighted by atomic mass is 33.1. The van der Waals surface area contributed by atoms with Gasteiger partial charge in [0.1, 0.15) is 0 Å². The summed E-state index contributed by atoms with van der Waals surface area (Å²) >= 11 is 4.70. The summed E-state index contributed by atoms with van der Waals surface area (Å²) in [6.45, 7) is 0. The topological polar surface area (TPSA) is 12.9 Å². The number of hydrogen-bond donors (Lipinski definition) is 0. The van der Waals surface area contributed by atoms with Crippen molar-refractivity contribution in [2.24, 2.45) is 0 Å². The molecule has 0 saturated heterocycles. The molecule has 0 spiro atoms. The summed E-state index contributed by atoms with van der Waals surface area (Å²) in [4.78, 5) is 4.90. The number of aromatic nitrogens is 1. The van der Waals surface area contributed by atoms with Crippen molar-refractivity contribution in [3.63, 3.8) is 0 Å². The van der Waals surface area contributed by atoms with Gasteiger partial charge in [-0.15, -0.1) is 0 Å². The van der Waals surface area contributed by atoms with E-state index in [2.05, 4.69) is 4.98 Å². The lowest BCUT2D eigenvalue weighted by Crippen LogP contribution is -1.67. The average Bonchev–Trinajstić information content (AvgIpc) is 1.90. The Morgan fingerprint density at radius 2 is 2.50 bits per heavy atom. The van der Waals surface area contributed by atoms with Gasteiger partial charge in [-0.2, -0.15) is 0 Å². The van der Waals surface area contributed by atoms with Crippen molar-refractivity contribution in [3.05, 3.63) is 24.5 Å². The van der Waals surface area contributed by atoms with Crippen molar-refractivity contribution in [1.82, 2.24) is 4.98 Å². The van der Waals surface area contributed by atoms with Gasteiger partial charge in [0.2, 0.25) is 0 Å². The van der Waals surface area contributed by atoms with Crippen LogP contribution in [-0.2, 0) is 0 Å². The van der Waals surface area contributed by atoms with Crippen LogP contribution in [0.15, 0.2) is 29.4 Å². The van der Waals surface area contributed by atoms with Gasteiger partial charge >= 0.3 is 0 Å². The Hall–Kier alpha value is -0.150. The van der Waals surface area contributed by atoms with E-state index in [1.165, 1.54) is 10.8 Å². The van der Waals surface area contributed by atoms with Crippen molar-refractivity contribution in [3.8, 4) is 0 Å². The average molecular weight is 142 g/mol. The van der Waals surface area contributed by atoms with Gasteiger partial charge < -0.3 is 0 Å². The van der Waals surface area contributed by atoms with Crippen molar-refractivity contribution in [1.29, 1.82) is 0 Å². The molecule has 1 rings (SSSR count). The molecule has 0 aliphatic carbocycles. The van der Waals surface area contributed by atoms with Crippen LogP contribution in [0.1, 0.15) is 0 Å². The van der Waals surface area contributed by atoms with Crippen LogP contribution in [0.4, 0.5) is 0 Å². The Morgan fingerprint density at radius 1 is 1.62 bits per heavy atom. The Labute approximate surface area is 57.3 Å². The molecule has 41 valence electrons. The summed E-state index contributed by atoms with van der Waals surface area (Å²) in [7, 11) is 1.29. The molecular weight excluding hydrogens is 138 g/mol. The first-order valence-corrected chi connectivity index (χ1v) is 3.87. The minimum Gasteiger partial charge on any atom is -0.264 e. The quantitative estimate of drug-likeness (QED) is 0.558. The SMILES string of the molecule is [S]Sc1cccnc1. The minimum absolute atomic E-state index is 1.03. The maximum absolute atomic E-state index is 4.70. The lowest BCUT2D eigenvalue weighted by Gasteiger charge is -1.86. The second-order valence-corrected chi connectivity index (χ2v) is 2.41. The highest BCUT2D eigenvalue weighted by Crippen LogP contribution is 2.18. The van der Waals surface area contributed by atoms with Gasteiger partial charge in [-0.05, 0) is 34.6 Å². The summed E-state index contributed by atoms with van der Waals surface area (Å²) in [5.74, 6) is 0. The Balaban J connectivity index is 2.83. The molecule has 3 heteroatoms. The van der Waals surface area contributed by atoms with Crippen molar-refractivity contribution < 1.29 is 0 Å². The van der Waals surface area contributed by atoms with Crippen LogP contribution in [0.2, 0.25) is 0 Å². The zero-order chi connectivity index (χ0) is 5.82. The lowest BCUT2D eigenvalue weighted by molar-refractivity contribution is 1.24. The Bertz CT molecular complexity index is 152. The van der Waals surface area contributed by atoms with Gasteiger partial charge in [-0.1, -0.05) is 0 Å². The second kappa shape index (κ2) is 2.99. The molecule has 0 aromatic carbocycles. The molecule has 0 fully saturated rings. The summed E-state index contributed by atoms with van der Waals surface area (Å²) in [5, 5.41) is 0. The molecule has 0 aliphatic rings. The summed E-state index contributed by atoms with van der Waals surface area (Å²) in [6.07, 6.45) is 3.48. The van der Waals surface area contributed by atoms with E-state index in [4.69, 9.17) is 11.7 Å². The normalized spacial score (nSPS) is 9.12. The molecule has 0 amide bonds. The molecule has 1 aromatic rings. The number of rotatable bonds is 1. The maximum atomic E-state index is 4.70. The van der Waals surface area contributed by atoms with Crippen LogP contribution in [0.25, 0.3) is 0 Å². The molecule has 8 heavy (non-hydrogen) atoms. The molecule has 1 aromatic heterocycles. The van der Waals surface area contributed by atoms with E-state index >= 15 is 0 Å². The lowest BCUT2D eigenvalue weighted by atomic mass is 10.5. The summed E-state index contributed by atoms with van der Waals surface area (Å²) in [6, 6.07) is 3.80. The van der Waals surface area contributed by atoms with Gasteiger partial charge in [0.15, 0.2) is 0 Å². The van der Waals surface area contributed by atoms with E-state index in [0.29, 0.717) is 0 Å². The van der Waals surface area contributed by atoms with E-state index < -0.39 is 0 Å². The molecule has 1 heterocycles. The van der Waals surface area contributed by atoms with Gasteiger partial charge in [0.25, 0.3) is 0 Å². The largest absolute Gasteiger partial charge is 0.264 e. The van der Waals surface area contributed by atoms with Gasteiger partial charge in [0.05, 0.1) is 0 Å². The van der Waals surface area contributed by atoms with Crippen molar-refractivity contribution >= 4 is 22.5 Å². The zero-order valence-electron chi connectivity index (χ0n) is 4.07. The van der Waals surface area contributed by atoms with E-state index in [1.807, 2.05) is 12.1 Å². The van der Waals surface area contributed by atoms with Gasteiger partial charge in [0, 0.05) is 17.3 Å². The fraction of sp³-hybridized carbons (Fsp3) is 0. The molecule has 0 atom stereocenters. The number of hydrogen-bond acceptors (Lipinski definition) is 2.